The molecule has 0 aliphatic carbocycles. The highest BCUT2D eigenvalue weighted by atomic mass is 19.1. The van der Waals surface area contributed by atoms with Crippen LogP contribution in [-0.4, -0.2) is 61.0 Å². The fourth-order valence-corrected chi connectivity index (χ4v) is 6.69. The van der Waals surface area contributed by atoms with E-state index in [0.717, 1.165) is 28.9 Å². The Balaban J connectivity index is 1.14. The van der Waals surface area contributed by atoms with Gasteiger partial charge in [0, 0.05) is 37.2 Å². The molecule has 3 atom stereocenters. The van der Waals surface area contributed by atoms with Crippen molar-refractivity contribution < 1.29 is 23.5 Å². The fraction of sp³-hybridized carbons (Fsp3) is 0.333. The summed E-state index contributed by atoms with van der Waals surface area (Å²) in [5.41, 5.74) is 8.49. The summed E-state index contributed by atoms with van der Waals surface area (Å²) in [6.45, 7) is 5.32. The number of aryl methyl sites for hydroxylation is 2. The molecule has 6 rings (SSSR count). The third-order valence-corrected chi connectivity index (χ3v) is 9.45. The number of rotatable bonds is 11. The Morgan fingerprint density at radius 2 is 1.71 bits per heavy atom. The molecule has 0 unspecified atom stereocenters. The van der Waals surface area contributed by atoms with E-state index in [1.165, 1.54) is 30.0 Å². The number of alkyl carbamates (subject to hydrolysis) is 1. The largest absolute Gasteiger partial charge is 0.453 e. The van der Waals surface area contributed by atoms with Crippen LogP contribution >= 0.6 is 0 Å². The van der Waals surface area contributed by atoms with Crippen LogP contribution in [0.4, 0.5) is 14.9 Å². The van der Waals surface area contributed by atoms with E-state index < -0.39 is 23.9 Å². The van der Waals surface area contributed by atoms with Crippen LogP contribution in [0.3, 0.4) is 0 Å². The molecule has 0 bridgehead atoms. The quantitative estimate of drug-likeness (QED) is 0.203. The molecule has 48 heavy (non-hydrogen) atoms. The number of halogens is 1. The number of Topliss-reactive ketones (excluding diaryl/α,β-unsaturated/α-hetero) is 1. The van der Waals surface area contributed by atoms with Gasteiger partial charge in [0.15, 0.2) is 5.78 Å². The molecule has 1 saturated heterocycles. The number of benzene rings is 3. The van der Waals surface area contributed by atoms with Crippen molar-refractivity contribution in [3.05, 3.63) is 130 Å². The van der Waals surface area contributed by atoms with E-state index in [1.54, 1.807) is 6.20 Å². The third-order valence-electron chi connectivity index (χ3n) is 9.45. The minimum atomic E-state index is -0.973. The number of ketones is 1. The molecule has 8 nitrogen and oxygen atoms in total. The number of hydrogen-bond acceptors (Lipinski definition) is 7. The highest BCUT2D eigenvalue weighted by Gasteiger charge is 2.34. The van der Waals surface area contributed by atoms with Gasteiger partial charge in [0.1, 0.15) is 11.9 Å². The van der Waals surface area contributed by atoms with E-state index in [1.807, 2.05) is 60.7 Å². The van der Waals surface area contributed by atoms with E-state index in [9.17, 15) is 9.59 Å². The standard InChI is InChI=1S/C39H41FN4O4/c1-24-16-28-18-34(43-33(28)17-25(24)2)35-23-48-30(21-42-35)14-15-31-29(20-41-22-32(31)40)19-36(45)38(44-39(46)47-3)37(26-10-6-4-7-11-26)27-12-8-5-9-13-27/h4-13,16-17,20,22,30,35,37-38,42H,14-15,18-19,21,23H2,1-3H3,(H,44,46)/t30-,35+,38-/m1/s1. The molecule has 1 aromatic heterocycles. The Kier molecular flexibility index (Phi) is 10.4. The normalized spacial score (nSPS) is 17.8. The number of amides is 1. The molecule has 1 fully saturated rings. The second-order valence-corrected chi connectivity index (χ2v) is 12.6. The minimum absolute atomic E-state index is 0.0292. The van der Waals surface area contributed by atoms with Crippen LogP contribution in [0.2, 0.25) is 0 Å². The van der Waals surface area contributed by atoms with Crippen LogP contribution in [-0.2, 0) is 33.5 Å². The number of aliphatic imine (C=N–C) groups is 1. The lowest BCUT2D eigenvalue weighted by Crippen LogP contribution is -2.50. The van der Waals surface area contributed by atoms with E-state index >= 15 is 4.39 Å². The molecule has 248 valence electrons. The smallest absolute Gasteiger partial charge is 0.407 e. The van der Waals surface area contributed by atoms with Crippen LogP contribution in [0.5, 0.6) is 0 Å². The zero-order valence-electron chi connectivity index (χ0n) is 27.5. The number of morpholine rings is 1. The lowest BCUT2D eigenvalue weighted by molar-refractivity contribution is -0.120. The average Bonchev–Trinajstić information content (AvgIpc) is 3.51. The van der Waals surface area contributed by atoms with Gasteiger partial charge in [-0.25, -0.2) is 9.18 Å². The van der Waals surface area contributed by atoms with Gasteiger partial charge in [-0.2, -0.15) is 0 Å². The van der Waals surface area contributed by atoms with Crippen molar-refractivity contribution in [1.29, 1.82) is 0 Å². The van der Waals surface area contributed by atoms with E-state index in [0.29, 0.717) is 37.1 Å². The van der Waals surface area contributed by atoms with Gasteiger partial charge in [-0.15, -0.1) is 0 Å². The Morgan fingerprint density at radius 1 is 1.02 bits per heavy atom. The number of fused-ring (bicyclic) bond motifs is 1. The zero-order chi connectivity index (χ0) is 33.6. The first-order valence-electron chi connectivity index (χ1n) is 16.4. The summed E-state index contributed by atoms with van der Waals surface area (Å²) in [4.78, 5) is 35.7. The molecular formula is C39H41FN4O4. The van der Waals surface area contributed by atoms with Gasteiger partial charge >= 0.3 is 6.09 Å². The second-order valence-electron chi connectivity index (χ2n) is 12.6. The number of nitrogens with one attached hydrogen (secondary N) is 2. The van der Waals surface area contributed by atoms with Crippen molar-refractivity contribution in [2.24, 2.45) is 4.99 Å². The van der Waals surface area contributed by atoms with Gasteiger partial charge in [-0.05, 0) is 71.7 Å². The van der Waals surface area contributed by atoms with Crippen molar-refractivity contribution in [2.45, 2.75) is 63.6 Å². The first-order valence-corrected chi connectivity index (χ1v) is 16.4. The minimum Gasteiger partial charge on any atom is -0.453 e. The van der Waals surface area contributed by atoms with Crippen LogP contribution in [0.15, 0.2) is 90.2 Å². The molecule has 0 radical (unpaired) electrons. The molecule has 2 aliphatic heterocycles. The Labute approximate surface area is 280 Å². The summed E-state index contributed by atoms with van der Waals surface area (Å²) < 4.78 is 26.5. The number of carbonyl (C=O) groups excluding carboxylic acids is 2. The molecule has 0 saturated carbocycles. The highest BCUT2D eigenvalue weighted by molar-refractivity contribution is 5.98. The number of ether oxygens (including phenoxy) is 2. The number of hydrogen-bond donors (Lipinski definition) is 2. The Morgan fingerprint density at radius 3 is 2.35 bits per heavy atom. The highest BCUT2D eigenvalue weighted by Crippen LogP contribution is 2.32. The van der Waals surface area contributed by atoms with Crippen LogP contribution < -0.4 is 10.6 Å². The number of aromatic nitrogens is 1. The first-order chi connectivity index (χ1) is 23.3. The van der Waals surface area contributed by atoms with Gasteiger partial charge in [0.2, 0.25) is 0 Å². The molecule has 1 amide bonds. The molecule has 4 aromatic rings. The second kappa shape index (κ2) is 15.0. The van der Waals surface area contributed by atoms with Gasteiger partial charge in [0.25, 0.3) is 0 Å². The summed E-state index contributed by atoms with van der Waals surface area (Å²) in [6.07, 6.45) is 3.50. The monoisotopic (exact) mass is 648 g/mol. The first kappa shape index (κ1) is 33.2. The predicted molar refractivity (Wildman–Crippen MR) is 184 cm³/mol. The van der Waals surface area contributed by atoms with Crippen LogP contribution in [0.25, 0.3) is 0 Å². The number of pyridine rings is 1. The van der Waals surface area contributed by atoms with Crippen LogP contribution in [0, 0.1) is 19.7 Å². The molecule has 2 N–H and O–H groups in total. The molecule has 2 aliphatic rings. The fourth-order valence-electron chi connectivity index (χ4n) is 6.69. The van der Waals surface area contributed by atoms with Crippen molar-refractivity contribution in [1.82, 2.24) is 15.6 Å². The van der Waals surface area contributed by atoms with E-state index in [4.69, 9.17) is 14.5 Å². The summed E-state index contributed by atoms with van der Waals surface area (Å²) in [6, 6.07) is 22.5. The van der Waals surface area contributed by atoms with Crippen molar-refractivity contribution in [3.63, 3.8) is 0 Å². The molecule has 9 heteroatoms. The maximum atomic E-state index is 15.3. The Hall–Kier alpha value is -4.73. The van der Waals surface area contributed by atoms with Gasteiger partial charge < -0.3 is 20.1 Å². The number of nitrogens with zero attached hydrogens (tertiary/aromatic N) is 2. The van der Waals surface area contributed by atoms with Crippen LogP contribution in [0.1, 0.15) is 51.3 Å². The van der Waals surface area contributed by atoms with Gasteiger partial charge in [-0.3, -0.25) is 14.8 Å². The predicted octanol–water partition coefficient (Wildman–Crippen LogP) is 6.12. The zero-order valence-corrected chi connectivity index (χ0v) is 27.5. The molecule has 3 aromatic carbocycles. The lowest BCUT2D eigenvalue weighted by atomic mass is 9.81. The maximum Gasteiger partial charge on any atom is 0.407 e. The lowest BCUT2D eigenvalue weighted by Gasteiger charge is -2.31. The number of carbonyl (C=O) groups is 2. The summed E-state index contributed by atoms with van der Waals surface area (Å²) >= 11 is 0. The molecule has 3 heterocycles. The molecule has 0 spiro atoms. The average molecular weight is 649 g/mol. The summed E-state index contributed by atoms with van der Waals surface area (Å²) in [5, 5.41) is 6.36. The molecular weight excluding hydrogens is 607 g/mol. The summed E-state index contributed by atoms with van der Waals surface area (Å²) in [7, 11) is 1.26. The van der Waals surface area contributed by atoms with Gasteiger partial charge in [0.05, 0.1) is 37.7 Å². The topological polar surface area (TPSA) is 102 Å². The van der Waals surface area contributed by atoms with E-state index in [2.05, 4.69) is 41.6 Å². The Bertz CT molecular complexity index is 1750. The van der Waals surface area contributed by atoms with Crippen molar-refractivity contribution in [2.75, 3.05) is 20.3 Å². The van der Waals surface area contributed by atoms with Gasteiger partial charge in [-0.1, -0.05) is 66.7 Å². The third kappa shape index (κ3) is 7.53. The number of methoxy groups -OCH3 is 1. The van der Waals surface area contributed by atoms with Crippen molar-refractivity contribution >= 4 is 23.3 Å². The summed E-state index contributed by atoms with van der Waals surface area (Å²) in [5.74, 6) is -1.25. The maximum absolute atomic E-state index is 15.3. The SMILES string of the molecule is COC(=O)N[C@H](C(=O)Cc1cncc(F)c1CC[C@@H]1CN[C@H](C2=Nc3cc(C)c(C)cc3C2)CO1)C(c1ccccc1)c1ccccc1. The van der Waals surface area contributed by atoms with Crippen molar-refractivity contribution in [3.8, 4) is 0 Å². The van der Waals surface area contributed by atoms with E-state index in [-0.39, 0.29) is 24.3 Å².